The number of nitrogens with one attached hydrogen (secondary N) is 1. The zero-order valence-corrected chi connectivity index (χ0v) is 15.5. The molecule has 0 radical (unpaired) electrons. The van der Waals surface area contributed by atoms with Crippen molar-refractivity contribution < 1.29 is 0 Å². The molecule has 0 aliphatic heterocycles. The van der Waals surface area contributed by atoms with Crippen LogP contribution in [0.5, 0.6) is 0 Å². The molecule has 0 amide bonds. The maximum atomic E-state index is 4.56. The van der Waals surface area contributed by atoms with E-state index in [0.29, 0.717) is 12.5 Å². The summed E-state index contributed by atoms with van der Waals surface area (Å²) >= 11 is 0. The Hall–Kier alpha value is -3.02. The first kappa shape index (κ1) is 17.8. The zero-order valence-electron chi connectivity index (χ0n) is 15.5. The van der Waals surface area contributed by atoms with Crippen LogP contribution in [0, 0.1) is 13.8 Å². The lowest BCUT2D eigenvalue weighted by Crippen LogP contribution is -2.23. The molecule has 0 aliphatic carbocycles. The molecule has 0 aromatic carbocycles. The zero-order chi connectivity index (χ0) is 18.4. The van der Waals surface area contributed by atoms with Crippen LogP contribution >= 0.6 is 0 Å². The lowest BCUT2D eigenvalue weighted by atomic mass is 10.2. The summed E-state index contributed by atoms with van der Waals surface area (Å²) in [6.45, 7) is 5.42. The van der Waals surface area contributed by atoms with Crippen molar-refractivity contribution in [3.8, 4) is 0 Å². The van der Waals surface area contributed by atoms with E-state index in [0.717, 1.165) is 41.4 Å². The second-order valence-corrected chi connectivity index (χ2v) is 6.31. The largest absolute Gasteiger partial charge is 0.359 e. The molecule has 0 bridgehead atoms. The van der Waals surface area contributed by atoms with Crippen LogP contribution in [0.3, 0.4) is 0 Å². The average Bonchev–Trinajstić information content (AvgIpc) is 2.65. The lowest BCUT2D eigenvalue weighted by molar-refractivity contribution is 0.830. The van der Waals surface area contributed by atoms with E-state index in [4.69, 9.17) is 0 Å². The highest BCUT2D eigenvalue weighted by molar-refractivity contribution is 5.47. The summed E-state index contributed by atoms with van der Waals surface area (Å²) in [5.41, 5.74) is 4.11. The van der Waals surface area contributed by atoms with Crippen molar-refractivity contribution in [3.63, 3.8) is 0 Å². The van der Waals surface area contributed by atoms with Gasteiger partial charge in [-0.05, 0) is 38.1 Å². The van der Waals surface area contributed by atoms with Crippen LogP contribution < -0.4 is 10.2 Å². The average molecular weight is 348 g/mol. The highest BCUT2D eigenvalue weighted by Gasteiger charge is 2.10. The first-order chi connectivity index (χ1) is 12.6. The molecular weight excluding hydrogens is 324 g/mol. The Labute approximate surface area is 154 Å². The summed E-state index contributed by atoms with van der Waals surface area (Å²) in [6.07, 6.45) is 4.53. The summed E-state index contributed by atoms with van der Waals surface area (Å²) in [4.78, 5) is 20.0. The van der Waals surface area contributed by atoms with E-state index in [1.807, 2.05) is 56.6 Å². The Balaban J connectivity index is 1.67. The molecule has 26 heavy (non-hydrogen) atoms. The fraction of sp³-hybridized carbons (Fsp3) is 0.300. The molecule has 6 nitrogen and oxygen atoms in total. The molecule has 3 rings (SSSR count). The van der Waals surface area contributed by atoms with Crippen molar-refractivity contribution in [1.29, 1.82) is 0 Å². The molecule has 134 valence electrons. The third kappa shape index (κ3) is 4.75. The molecule has 0 aliphatic rings. The topological polar surface area (TPSA) is 66.8 Å². The van der Waals surface area contributed by atoms with Crippen LogP contribution in [0.2, 0.25) is 0 Å². The molecule has 3 heterocycles. The van der Waals surface area contributed by atoms with E-state index in [1.54, 1.807) is 0 Å². The van der Waals surface area contributed by atoms with Gasteiger partial charge in [-0.1, -0.05) is 12.1 Å². The molecule has 3 aromatic heterocycles. The van der Waals surface area contributed by atoms with Gasteiger partial charge >= 0.3 is 0 Å². The van der Waals surface area contributed by atoms with E-state index in [1.165, 1.54) is 0 Å². The van der Waals surface area contributed by atoms with E-state index in [-0.39, 0.29) is 0 Å². The minimum atomic E-state index is 0.625. The number of hydrogen-bond donors (Lipinski definition) is 1. The molecule has 0 spiro atoms. The van der Waals surface area contributed by atoms with Gasteiger partial charge in [0, 0.05) is 61.6 Å². The summed E-state index contributed by atoms with van der Waals surface area (Å²) in [5.74, 6) is 1.61. The lowest BCUT2D eigenvalue weighted by Gasteiger charge is -2.21. The minimum Gasteiger partial charge on any atom is -0.359 e. The Morgan fingerprint density at radius 1 is 0.962 bits per heavy atom. The summed E-state index contributed by atoms with van der Waals surface area (Å²) in [7, 11) is 2.06. The van der Waals surface area contributed by atoms with E-state index in [2.05, 4.69) is 43.3 Å². The number of likely N-dealkylation sites (N-methyl/N-ethyl adjacent to an activating group) is 1. The third-order valence-corrected chi connectivity index (χ3v) is 4.08. The number of rotatable bonds is 7. The van der Waals surface area contributed by atoms with Gasteiger partial charge in [-0.25, -0.2) is 15.0 Å². The number of pyridine rings is 2. The normalized spacial score (nSPS) is 10.6. The van der Waals surface area contributed by atoms with E-state index < -0.39 is 0 Å². The van der Waals surface area contributed by atoms with Crippen LogP contribution in [0.1, 0.15) is 22.6 Å². The summed E-state index contributed by atoms with van der Waals surface area (Å²) in [5, 5.41) is 3.31. The Morgan fingerprint density at radius 2 is 1.73 bits per heavy atom. The van der Waals surface area contributed by atoms with Crippen molar-refractivity contribution in [2.75, 3.05) is 23.8 Å². The van der Waals surface area contributed by atoms with Crippen molar-refractivity contribution in [2.45, 2.75) is 26.8 Å². The number of aryl methyl sites for hydroxylation is 2. The standard InChI is InChI=1S/C20H24N6/c1-15-13-16(2)25-20(24-15)23-14-17-7-6-11-22-19(17)26(3)12-9-18-8-4-5-10-21-18/h4-8,10-11,13H,9,12,14H2,1-3H3,(H,23,24,25). The quantitative estimate of drug-likeness (QED) is 0.707. The minimum absolute atomic E-state index is 0.625. The monoisotopic (exact) mass is 348 g/mol. The fourth-order valence-corrected chi connectivity index (χ4v) is 2.83. The SMILES string of the molecule is Cc1cc(C)nc(NCc2cccnc2N(C)CCc2ccccn2)n1. The van der Waals surface area contributed by atoms with Gasteiger partial charge in [-0.2, -0.15) is 0 Å². The Bertz CT molecular complexity index is 830. The van der Waals surface area contributed by atoms with Crippen molar-refractivity contribution in [1.82, 2.24) is 19.9 Å². The van der Waals surface area contributed by atoms with Crippen LogP contribution in [0.4, 0.5) is 11.8 Å². The van der Waals surface area contributed by atoms with Crippen LogP contribution in [-0.4, -0.2) is 33.5 Å². The van der Waals surface area contributed by atoms with Gasteiger partial charge in [0.15, 0.2) is 0 Å². The van der Waals surface area contributed by atoms with Gasteiger partial charge in [-0.15, -0.1) is 0 Å². The van der Waals surface area contributed by atoms with Crippen LogP contribution in [0.15, 0.2) is 48.8 Å². The predicted octanol–water partition coefficient (Wildman–Crippen LogP) is 3.17. The summed E-state index contributed by atoms with van der Waals surface area (Å²) in [6, 6.07) is 12.0. The molecule has 0 fully saturated rings. The van der Waals surface area contributed by atoms with Gasteiger partial charge < -0.3 is 10.2 Å². The number of aromatic nitrogens is 4. The molecule has 0 saturated carbocycles. The maximum absolute atomic E-state index is 4.56. The molecule has 1 N–H and O–H groups in total. The van der Waals surface area contributed by atoms with Crippen LogP contribution in [-0.2, 0) is 13.0 Å². The van der Waals surface area contributed by atoms with Gasteiger partial charge in [-0.3, -0.25) is 4.98 Å². The van der Waals surface area contributed by atoms with E-state index >= 15 is 0 Å². The molecule has 0 unspecified atom stereocenters. The Kier molecular flexibility index (Phi) is 5.73. The van der Waals surface area contributed by atoms with Crippen molar-refractivity contribution in [2.24, 2.45) is 0 Å². The number of nitrogens with zero attached hydrogens (tertiary/aromatic N) is 5. The third-order valence-electron chi connectivity index (χ3n) is 4.08. The fourth-order valence-electron chi connectivity index (χ4n) is 2.83. The van der Waals surface area contributed by atoms with Gasteiger partial charge in [0.05, 0.1) is 0 Å². The highest BCUT2D eigenvalue weighted by Crippen LogP contribution is 2.17. The molecular formula is C20H24N6. The predicted molar refractivity (Wildman–Crippen MR) is 104 cm³/mol. The van der Waals surface area contributed by atoms with Gasteiger partial charge in [0.25, 0.3) is 0 Å². The highest BCUT2D eigenvalue weighted by atomic mass is 15.2. The van der Waals surface area contributed by atoms with Crippen LogP contribution in [0.25, 0.3) is 0 Å². The summed E-state index contributed by atoms with van der Waals surface area (Å²) < 4.78 is 0. The first-order valence-corrected chi connectivity index (χ1v) is 8.73. The van der Waals surface area contributed by atoms with Gasteiger partial charge in [0.1, 0.15) is 5.82 Å². The maximum Gasteiger partial charge on any atom is 0.223 e. The second kappa shape index (κ2) is 8.38. The smallest absolute Gasteiger partial charge is 0.223 e. The second-order valence-electron chi connectivity index (χ2n) is 6.31. The molecule has 6 heteroatoms. The van der Waals surface area contributed by atoms with Gasteiger partial charge in [0.2, 0.25) is 5.95 Å². The number of anilines is 2. The van der Waals surface area contributed by atoms with Crippen molar-refractivity contribution >= 4 is 11.8 Å². The number of hydrogen-bond acceptors (Lipinski definition) is 6. The molecule has 0 saturated heterocycles. The molecule has 0 atom stereocenters. The van der Waals surface area contributed by atoms with E-state index in [9.17, 15) is 0 Å². The molecule has 3 aromatic rings. The van der Waals surface area contributed by atoms with Crippen molar-refractivity contribution in [3.05, 3.63) is 71.4 Å². The Morgan fingerprint density at radius 3 is 2.46 bits per heavy atom. The first-order valence-electron chi connectivity index (χ1n) is 8.73.